The summed E-state index contributed by atoms with van der Waals surface area (Å²) in [6.07, 6.45) is 0.731. The van der Waals surface area contributed by atoms with E-state index in [1.54, 1.807) is 37.3 Å². The van der Waals surface area contributed by atoms with Gasteiger partial charge in [-0.05, 0) is 17.7 Å². The highest BCUT2D eigenvalue weighted by atomic mass is 16.3. The Labute approximate surface area is 141 Å². The van der Waals surface area contributed by atoms with Crippen LogP contribution in [0.2, 0.25) is 0 Å². The highest BCUT2D eigenvalue weighted by Crippen LogP contribution is 2.37. The van der Waals surface area contributed by atoms with Gasteiger partial charge in [0.2, 0.25) is 0 Å². The molecule has 0 radical (unpaired) electrons. The standard InChI is InChI=1S/C20H19NO3/c1-3-20(2,17(22)14-9-5-4-6-10-14)13-21-18(23)15-11-7-8-12-16(15)19(21)24/h3-12,17,22H,1,13H2,2H3/t17-,20-/m0/s1. The molecule has 0 aliphatic carbocycles. The normalized spacial score (nSPS) is 17.3. The van der Waals surface area contributed by atoms with Crippen molar-refractivity contribution in [1.82, 2.24) is 4.90 Å². The summed E-state index contributed by atoms with van der Waals surface area (Å²) in [4.78, 5) is 26.3. The maximum Gasteiger partial charge on any atom is 0.261 e. The predicted molar refractivity (Wildman–Crippen MR) is 91.5 cm³/mol. The van der Waals surface area contributed by atoms with Crippen LogP contribution in [0.4, 0.5) is 0 Å². The average Bonchev–Trinajstić information content (AvgIpc) is 2.87. The molecule has 1 aliphatic heterocycles. The summed E-state index contributed by atoms with van der Waals surface area (Å²) in [5.74, 6) is -0.659. The van der Waals surface area contributed by atoms with Crippen molar-refractivity contribution in [1.29, 1.82) is 0 Å². The molecule has 1 heterocycles. The van der Waals surface area contributed by atoms with Gasteiger partial charge in [0.25, 0.3) is 11.8 Å². The molecular weight excluding hydrogens is 302 g/mol. The molecule has 2 aromatic rings. The molecule has 4 heteroatoms. The zero-order valence-corrected chi connectivity index (χ0v) is 13.5. The summed E-state index contributed by atoms with van der Waals surface area (Å²) in [5.41, 5.74) is 0.678. The number of aliphatic hydroxyl groups excluding tert-OH is 1. The molecular formula is C20H19NO3. The lowest BCUT2D eigenvalue weighted by molar-refractivity contribution is 0.0341. The first kappa shape index (κ1) is 16.1. The number of benzene rings is 2. The Morgan fingerprint density at radius 3 is 2.04 bits per heavy atom. The lowest BCUT2D eigenvalue weighted by Gasteiger charge is -2.34. The Morgan fingerprint density at radius 1 is 1.04 bits per heavy atom. The second kappa shape index (κ2) is 6.06. The SMILES string of the molecule is C=C[C@@](C)(CN1C(=O)c2ccccc2C1=O)[C@@H](O)c1ccccc1. The van der Waals surface area contributed by atoms with Crippen LogP contribution in [0.15, 0.2) is 67.3 Å². The van der Waals surface area contributed by atoms with Crippen molar-refractivity contribution in [3.8, 4) is 0 Å². The summed E-state index contributed by atoms with van der Waals surface area (Å²) in [7, 11) is 0. The quantitative estimate of drug-likeness (QED) is 0.679. The molecule has 1 aliphatic rings. The number of nitrogens with zero attached hydrogens (tertiary/aromatic N) is 1. The van der Waals surface area contributed by atoms with Crippen LogP contribution >= 0.6 is 0 Å². The van der Waals surface area contributed by atoms with E-state index in [0.717, 1.165) is 5.56 Å². The molecule has 0 aromatic heterocycles. The predicted octanol–water partition coefficient (Wildman–Crippen LogP) is 3.21. The molecule has 2 atom stereocenters. The smallest absolute Gasteiger partial charge is 0.261 e. The summed E-state index contributed by atoms with van der Waals surface area (Å²) < 4.78 is 0. The second-order valence-corrected chi connectivity index (χ2v) is 6.27. The van der Waals surface area contributed by atoms with Gasteiger partial charge in [-0.2, -0.15) is 0 Å². The number of fused-ring (bicyclic) bond motifs is 1. The average molecular weight is 321 g/mol. The molecule has 0 fully saturated rings. The van der Waals surface area contributed by atoms with Crippen molar-refractivity contribution in [2.45, 2.75) is 13.0 Å². The molecule has 1 N–H and O–H groups in total. The number of hydrogen-bond acceptors (Lipinski definition) is 3. The fourth-order valence-electron chi connectivity index (χ4n) is 3.00. The molecule has 3 rings (SSSR count). The molecule has 2 aromatic carbocycles. The van der Waals surface area contributed by atoms with Gasteiger partial charge < -0.3 is 5.11 Å². The molecule has 0 unspecified atom stereocenters. The molecule has 4 nitrogen and oxygen atoms in total. The first-order chi connectivity index (χ1) is 11.5. The van der Waals surface area contributed by atoms with Crippen LogP contribution in [-0.4, -0.2) is 28.4 Å². The lowest BCUT2D eigenvalue weighted by atomic mass is 9.80. The van der Waals surface area contributed by atoms with E-state index in [4.69, 9.17) is 0 Å². The van der Waals surface area contributed by atoms with E-state index in [9.17, 15) is 14.7 Å². The van der Waals surface area contributed by atoms with Crippen molar-refractivity contribution in [2.75, 3.05) is 6.54 Å². The molecule has 2 amide bonds. The summed E-state index contributed by atoms with van der Waals surface area (Å²) in [6, 6.07) is 15.9. The van der Waals surface area contributed by atoms with Crippen molar-refractivity contribution >= 4 is 11.8 Å². The molecule has 0 bridgehead atoms. The maximum atomic E-state index is 12.5. The Kier molecular flexibility index (Phi) is 4.08. The van der Waals surface area contributed by atoms with E-state index in [2.05, 4.69) is 6.58 Å². The summed E-state index contributed by atoms with van der Waals surface area (Å²) in [5, 5.41) is 10.8. The van der Waals surface area contributed by atoms with Crippen molar-refractivity contribution < 1.29 is 14.7 Å². The number of amides is 2. The van der Waals surface area contributed by atoms with Crippen LogP contribution < -0.4 is 0 Å². The first-order valence-electron chi connectivity index (χ1n) is 7.80. The van der Waals surface area contributed by atoms with Crippen LogP contribution in [0.25, 0.3) is 0 Å². The third kappa shape index (κ3) is 2.55. The lowest BCUT2D eigenvalue weighted by Crippen LogP contribution is -2.41. The maximum absolute atomic E-state index is 12.5. The number of carbonyl (C=O) groups is 2. The zero-order valence-electron chi connectivity index (χ0n) is 13.5. The van der Waals surface area contributed by atoms with E-state index in [1.165, 1.54) is 4.90 Å². The Morgan fingerprint density at radius 2 is 1.54 bits per heavy atom. The second-order valence-electron chi connectivity index (χ2n) is 6.27. The van der Waals surface area contributed by atoms with E-state index in [0.29, 0.717) is 11.1 Å². The van der Waals surface area contributed by atoms with Gasteiger partial charge in [0.05, 0.1) is 17.2 Å². The number of rotatable bonds is 5. The van der Waals surface area contributed by atoms with E-state index >= 15 is 0 Å². The van der Waals surface area contributed by atoms with Gasteiger partial charge in [0.1, 0.15) is 0 Å². The molecule has 0 spiro atoms. The topological polar surface area (TPSA) is 57.6 Å². The third-order valence-corrected chi connectivity index (χ3v) is 4.58. The van der Waals surface area contributed by atoms with Crippen LogP contribution in [0, 0.1) is 5.41 Å². The fourth-order valence-corrected chi connectivity index (χ4v) is 3.00. The highest BCUT2D eigenvalue weighted by molar-refractivity contribution is 6.21. The van der Waals surface area contributed by atoms with Crippen LogP contribution in [0.5, 0.6) is 0 Å². The Bertz CT molecular complexity index is 765. The molecule has 0 saturated carbocycles. The van der Waals surface area contributed by atoms with E-state index < -0.39 is 11.5 Å². The molecule has 0 saturated heterocycles. The monoisotopic (exact) mass is 321 g/mol. The first-order valence-corrected chi connectivity index (χ1v) is 7.80. The van der Waals surface area contributed by atoms with Crippen LogP contribution in [0.3, 0.4) is 0 Å². The van der Waals surface area contributed by atoms with Crippen LogP contribution in [0.1, 0.15) is 39.3 Å². The van der Waals surface area contributed by atoms with Crippen LogP contribution in [-0.2, 0) is 0 Å². The highest BCUT2D eigenvalue weighted by Gasteiger charge is 2.41. The summed E-state index contributed by atoms with van der Waals surface area (Å²) in [6.45, 7) is 5.67. The molecule has 122 valence electrons. The van der Waals surface area contributed by atoms with Gasteiger partial charge in [-0.15, -0.1) is 6.58 Å². The Balaban J connectivity index is 1.90. The third-order valence-electron chi connectivity index (χ3n) is 4.58. The fraction of sp³-hybridized carbons (Fsp3) is 0.200. The Hall–Kier alpha value is -2.72. The van der Waals surface area contributed by atoms with Gasteiger partial charge in [-0.1, -0.05) is 55.5 Å². The van der Waals surface area contributed by atoms with Crippen molar-refractivity contribution in [3.05, 3.63) is 83.9 Å². The van der Waals surface area contributed by atoms with E-state index in [1.807, 2.05) is 30.3 Å². The minimum absolute atomic E-state index is 0.0684. The minimum Gasteiger partial charge on any atom is -0.387 e. The summed E-state index contributed by atoms with van der Waals surface area (Å²) >= 11 is 0. The number of carbonyl (C=O) groups excluding carboxylic acids is 2. The minimum atomic E-state index is -0.875. The van der Waals surface area contributed by atoms with Gasteiger partial charge in [0, 0.05) is 12.0 Å². The van der Waals surface area contributed by atoms with Crippen molar-refractivity contribution in [3.63, 3.8) is 0 Å². The van der Waals surface area contributed by atoms with Gasteiger partial charge in [0.15, 0.2) is 0 Å². The number of hydrogen-bond donors (Lipinski definition) is 1. The van der Waals surface area contributed by atoms with E-state index in [-0.39, 0.29) is 18.4 Å². The van der Waals surface area contributed by atoms with Gasteiger partial charge in [-0.25, -0.2) is 0 Å². The van der Waals surface area contributed by atoms with Crippen molar-refractivity contribution in [2.24, 2.45) is 5.41 Å². The largest absolute Gasteiger partial charge is 0.387 e. The van der Waals surface area contributed by atoms with Gasteiger partial charge in [-0.3, -0.25) is 14.5 Å². The zero-order chi connectivity index (χ0) is 17.3. The molecule has 24 heavy (non-hydrogen) atoms. The number of aliphatic hydroxyl groups is 1. The number of imide groups is 1. The van der Waals surface area contributed by atoms with Gasteiger partial charge >= 0.3 is 0 Å².